The van der Waals surface area contributed by atoms with Crippen LogP contribution in [-0.2, 0) is 9.53 Å². The zero-order valence-corrected chi connectivity index (χ0v) is 19.2. The number of fused-ring (bicyclic) bond motifs is 1. The molecule has 4 rings (SSSR count). The van der Waals surface area contributed by atoms with Gasteiger partial charge in [-0.2, -0.15) is 0 Å². The summed E-state index contributed by atoms with van der Waals surface area (Å²) in [5.74, 6) is -0.920. The van der Waals surface area contributed by atoms with Gasteiger partial charge in [-0.25, -0.2) is 9.78 Å². The van der Waals surface area contributed by atoms with Crippen molar-refractivity contribution in [2.24, 2.45) is 0 Å². The molecule has 0 fully saturated rings. The highest BCUT2D eigenvalue weighted by Crippen LogP contribution is 2.33. The lowest BCUT2D eigenvalue weighted by Crippen LogP contribution is -2.34. The molecule has 0 bridgehead atoms. The Balaban J connectivity index is 1.62. The Kier molecular flexibility index (Phi) is 6.05. The number of hydrogen-bond donors (Lipinski definition) is 0. The molecular formula is C24H23N3O4S. The van der Waals surface area contributed by atoms with Crippen molar-refractivity contribution in [1.82, 2.24) is 10.1 Å². The summed E-state index contributed by atoms with van der Waals surface area (Å²) in [4.78, 5) is 34.1. The molecule has 0 saturated heterocycles. The Morgan fingerprint density at radius 3 is 2.53 bits per heavy atom. The molecule has 3 heterocycles. The number of para-hydroxylation sites is 1. The second-order valence-electron chi connectivity index (χ2n) is 7.38. The number of likely N-dealkylation sites (N-methyl/N-ethyl adjacent to an activating group) is 1. The Labute approximate surface area is 189 Å². The summed E-state index contributed by atoms with van der Waals surface area (Å²) in [6, 6.07) is 13.0. The summed E-state index contributed by atoms with van der Waals surface area (Å²) in [6.45, 7) is 7.73. The average molecular weight is 450 g/mol. The number of hydrogen-bond acceptors (Lipinski definition) is 7. The van der Waals surface area contributed by atoms with Crippen LogP contribution in [0.25, 0.3) is 22.4 Å². The number of benzene rings is 1. The molecule has 3 aromatic heterocycles. The summed E-state index contributed by atoms with van der Waals surface area (Å²) < 4.78 is 10.8. The monoisotopic (exact) mass is 449 g/mol. The van der Waals surface area contributed by atoms with Gasteiger partial charge in [0.25, 0.3) is 11.6 Å². The maximum atomic E-state index is 13.0. The van der Waals surface area contributed by atoms with Gasteiger partial charge in [-0.05, 0) is 52.0 Å². The second kappa shape index (κ2) is 8.92. The van der Waals surface area contributed by atoms with Gasteiger partial charge in [0.1, 0.15) is 0 Å². The number of thiophene rings is 1. The molecule has 0 aliphatic rings. The molecule has 0 N–H and O–H groups in total. The fourth-order valence-corrected chi connectivity index (χ4v) is 4.61. The molecule has 164 valence electrons. The van der Waals surface area contributed by atoms with Crippen LogP contribution in [0.3, 0.4) is 0 Å². The number of nitrogens with zero attached hydrogens (tertiary/aromatic N) is 3. The van der Waals surface area contributed by atoms with Gasteiger partial charge in [-0.1, -0.05) is 23.4 Å². The molecular weight excluding hydrogens is 426 g/mol. The second-order valence-corrected chi connectivity index (χ2v) is 8.84. The van der Waals surface area contributed by atoms with Crippen LogP contribution in [0.2, 0.25) is 0 Å². The minimum Gasteiger partial charge on any atom is -0.452 e. The van der Waals surface area contributed by atoms with Crippen molar-refractivity contribution in [3.8, 4) is 11.3 Å². The molecule has 0 saturated carbocycles. The number of ether oxygens (including phenoxy) is 1. The Hall–Kier alpha value is -3.52. The molecule has 0 unspecified atom stereocenters. The number of carbonyl (C=O) groups excluding carboxylic acids is 2. The lowest BCUT2D eigenvalue weighted by Gasteiger charge is -2.20. The summed E-state index contributed by atoms with van der Waals surface area (Å²) in [5.41, 5.74) is 3.37. The van der Waals surface area contributed by atoms with E-state index in [0.717, 1.165) is 21.0 Å². The van der Waals surface area contributed by atoms with Crippen molar-refractivity contribution in [3.63, 3.8) is 0 Å². The molecule has 7 nitrogen and oxygen atoms in total. The molecule has 1 amide bonds. The molecule has 32 heavy (non-hydrogen) atoms. The molecule has 0 radical (unpaired) electrons. The number of carbonyl (C=O) groups is 2. The largest absolute Gasteiger partial charge is 0.452 e. The Morgan fingerprint density at radius 1 is 1.12 bits per heavy atom. The lowest BCUT2D eigenvalue weighted by molar-refractivity contribution is -0.121. The minimum atomic E-state index is -0.619. The van der Waals surface area contributed by atoms with Crippen molar-refractivity contribution >= 4 is 40.0 Å². The van der Waals surface area contributed by atoms with Crippen molar-refractivity contribution in [1.29, 1.82) is 0 Å². The van der Waals surface area contributed by atoms with Crippen LogP contribution in [0.15, 0.2) is 47.0 Å². The maximum Gasteiger partial charge on any atom is 0.339 e. The van der Waals surface area contributed by atoms with Crippen LogP contribution in [0.4, 0.5) is 5.69 Å². The third kappa shape index (κ3) is 4.13. The van der Waals surface area contributed by atoms with E-state index in [1.807, 2.05) is 57.2 Å². The number of rotatable bonds is 6. The van der Waals surface area contributed by atoms with E-state index >= 15 is 0 Å². The molecule has 8 heteroatoms. The first kappa shape index (κ1) is 21.7. The standard InChI is InChI=1S/C24H23N3O4S/c1-5-27(17-9-7-6-8-10-17)21(28)13-30-24(29)19-12-20(18-11-14(2)32-16(18)4)25-23-22(19)15(3)26-31-23/h6-12H,5,13H2,1-4H3. The normalized spacial score (nSPS) is 11.0. The molecule has 1 aromatic carbocycles. The van der Waals surface area contributed by atoms with Crippen molar-refractivity contribution in [2.45, 2.75) is 27.7 Å². The molecule has 4 aromatic rings. The zero-order chi connectivity index (χ0) is 22.8. The molecule has 0 spiro atoms. The lowest BCUT2D eigenvalue weighted by atomic mass is 10.1. The first-order valence-corrected chi connectivity index (χ1v) is 11.1. The summed E-state index contributed by atoms with van der Waals surface area (Å²) in [7, 11) is 0. The summed E-state index contributed by atoms with van der Waals surface area (Å²) in [6.07, 6.45) is 0. The van der Waals surface area contributed by atoms with Crippen LogP contribution >= 0.6 is 11.3 Å². The number of pyridine rings is 1. The SMILES string of the molecule is CCN(C(=O)COC(=O)c1cc(-c2cc(C)sc2C)nc2onc(C)c12)c1ccccc1. The van der Waals surface area contributed by atoms with E-state index in [4.69, 9.17) is 9.26 Å². The van der Waals surface area contributed by atoms with E-state index in [-0.39, 0.29) is 23.8 Å². The minimum absolute atomic E-state index is 0.265. The average Bonchev–Trinajstić information content (AvgIpc) is 3.33. The highest BCUT2D eigenvalue weighted by molar-refractivity contribution is 7.12. The highest BCUT2D eigenvalue weighted by Gasteiger charge is 2.23. The predicted octanol–water partition coefficient (Wildman–Crippen LogP) is 5.09. The van der Waals surface area contributed by atoms with Gasteiger partial charge in [0, 0.05) is 27.5 Å². The zero-order valence-electron chi connectivity index (χ0n) is 18.3. The van der Waals surface area contributed by atoms with E-state index in [2.05, 4.69) is 10.1 Å². The van der Waals surface area contributed by atoms with Crippen molar-refractivity contribution < 1.29 is 18.8 Å². The van der Waals surface area contributed by atoms with Crippen LogP contribution < -0.4 is 4.90 Å². The number of aryl methyl sites for hydroxylation is 3. The van der Waals surface area contributed by atoms with E-state index in [9.17, 15) is 9.59 Å². The van der Waals surface area contributed by atoms with Crippen LogP contribution in [0.5, 0.6) is 0 Å². The first-order valence-electron chi connectivity index (χ1n) is 10.3. The Morgan fingerprint density at radius 2 is 1.88 bits per heavy atom. The number of esters is 1. The smallest absolute Gasteiger partial charge is 0.339 e. The molecule has 0 atom stereocenters. The van der Waals surface area contributed by atoms with Crippen LogP contribution in [0.1, 0.15) is 32.7 Å². The van der Waals surface area contributed by atoms with Crippen LogP contribution in [-0.4, -0.2) is 35.2 Å². The number of anilines is 1. The number of amides is 1. The van der Waals surface area contributed by atoms with Crippen LogP contribution in [0, 0.1) is 20.8 Å². The predicted molar refractivity (Wildman–Crippen MR) is 124 cm³/mol. The van der Waals surface area contributed by atoms with Gasteiger partial charge >= 0.3 is 5.97 Å². The van der Waals surface area contributed by atoms with E-state index in [1.54, 1.807) is 29.2 Å². The van der Waals surface area contributed by atoms with Gasteiger partial charge in [-0.3, -0.25) is 4.79 Å². The number of aromatic nitrogens is 2. The van der Waals surface area contributed by atoms with Gasteiger partial charge < -0.3 is 14.2 Å². The highest BCUT2D eigenvalue weighted by atomic mass is 32.1. The third-order valence-electron chi connectivity index (χ3n) is 5.17. The summed E-state index contributed by atoms with van der Waals surface area (Å²) >= 11 is 1.65. The fraction of sp³-hybridized carbons (Fsp3) is 0.250. The van der Waals surface area contributed by atoms with E-state index in [0.29, 0.717) is 23.3 Å². The van der Waals surface area contributed by atoms with Gasteiger partial charge in [0.2, 0.25) is 0 Å². The first-order chi connectivity index (χ1) is 15.4. The van der Waals surface area contributed by atoms with Gasteiger partial charge in [0.05, 0.1) is 22.3 Å². The summed E-state index contributed by atoms with van der Waals surface area (Å²) in [5, 5.41) is 4.45. The molecule has 0 aliphatic carbocycles. The van der Waals surface area contributed by atoms with Gasteiger partial charge in [0.15, 0.2) is 6.61 Å². The van der Waals surface area contributed by atoms with E-state index < -0.39 is 5.97 Å². The van der Waals surface area contributed by atoms with E-state index in [1.165, 1.54) is 0 Å². The quantitative estimate of drug-likeness (QED) is 0.381. The Bertz CT molecular complexity index is 1290. The third-order valence-corrected chi connectivity index (χ3v) is 6.13. The van der Waals surface area contributed by atoms with Gasteiger partial charge in [-0.15, -0.1) is 11.3 Å². The van der Waals surface area contributed by atoms with Crippen molar-refractivity contribution in [2.75, 3.05) is 18.1 Å². The van der Waals surface area contributed by atoms with Crippen molar-refractivity contribution in [3.05, 3.63) is 63.5 Å². The molecule has 0 aliphatic heterocycles. The topological polar surface area (TPSA) is 85.5 Å². The maximum absolute atomic E-state index is 13.0. The fourth-order valence-electron chi connectivity index (χ4n) is 3.67.